The van der Waals surface area contributed by atoms with Gasteiger partial charge >= 0.3 is 6.18 Å². The van der Waals surface area contributed by atoms with Crippen LogP contribution >= 0.6 is 11.6 Å². The summed E-state index contributed by atoms with van der Waals surface area (Å²) in [4.78, 5) is 10.0. The molecule has 14 heavy (non-hydrogen) atoms. The average molecular weight is 222 g/mol. The van der Waals surface area contributed by atoms with Crippen molar-refractivity contribution in [2.24, 2.45) is 0 Å². The standard InChI is InChI=1S/C9H5ClF3O/c10-8-2-1-7(9(11,12)13)5-6(8)3-4-14/h1-2,5H,3H2. The largest absolute Gasteiger partial charge is 0.416 e. The van der Waals surface area contributed by atoms with Gasteiger partial charge in [0.1, 0.15) is 0 Å². The zero-order valence-corrected chi connectivity index (χ0v) is 7.62. The molecule has 0 aliphatic rings. The number of alkyl halides is 3. The quantitative estimate of drug-likeness (QED) is 0.750. The molecule has 0 aliphatic heterocycles. The number of carbonyl (C=O) groups excluding carboxylic acids is 1. The van der Waals surface area contributed by atoms with Crippen LogP contribution in [0.3, 0.4) is 0 Å². The van der Waals surface area contributed by atoms with Crippen molar-refractivity contribution in [3.8, 4) is 0 Å². The number of rotatable bonds is 2. The Labute approximate surface area is 83.5 Å². The molecule has 0 saturated carbocycles. The molecule has 0 N–H and O–H groups in total. The van der Waals surface area contributed by atoms with E-state index in [0.29, 0.717) is 0 Å². The fourth-order valence-electron chi connectivity index (χ4n) is 0.964. The van der Waals surface area contributed by atoms with Crippen molar-refractivity contribution in [1.29, 1.82) is 0 Å². The van der Waals surface area contributed by atoms with Gasteiger partial charge in [-0.1, -0.05) is 11.6 Å². The monoisotopic (exact) mass is 221 g/mol. The zero-order valence-electron chi connectivity index (χ0n) is 6.86. The second kappa shape index (κ2) is 4.00. The lowest BCUT2D eigenvalue weighted by Crippen LogP contribution is -2.05. The third kappa shape index (κ3) is 2.48. The van der Waals surface area contributed by atoms with Crippen LogP contribution in [0, 0.1) is 0 Å². The lowest BCUT2D eigenvalue weighted by atomic mass is 10.1. The van der Waals surface area contributed by atoms with E-state index in [1.165, 1.54) is 6.29 Å². The van der Waals surface area contributed by atoms with Gasteiger partial charge in [0.15, 0.2) is 0 Å². The van der Waals surface area contributed by atoms with Crippen molar-refractivity contribution in [1.82, 2.24) is 0 Å². The molecule has 1 aromatic rings. The van der Waals surface area contributed by atoms with Gasteiger partial charge in [0.2, 0.25) is 6.29 Å². The van der Waals surface area contributed by atoms with Gasteiger partial charge in [0.05, 0.1) is 5.56 Å². The summed E-state index contributed by atoms with van der Waals surface area (Å²) in [5.74, 6) is 0. The summed E-state index contributed by atoms with van der Waals surface area (Å²) < 4.78 is 36.6. The van der Waals surface area contributed by atoms with E-state index in [4.69, 9.17) is 11.6 Å². The van der Waals surface area contributed by atoms with E-state index < -0.39 is 11.7 Å². The minimum absolute atomic E-state index is 0.136. The molecule has 75 valence electrons. The molecule has 1 rings (SSSR count). The van der Waals surface area contributed by atoms with Gasteiger partial charge in [-0.05, 0) is 23.8 Å². The molecule has 0 fully saturated rings. The zero-order chi connectivity index (χ0) is 10.8. The predicted octanol–water partition coefficient (Wildman–Crippen LogP) is 3.01. The Morgan fingerprint density at radius 3 is 2.50 bits per heavy atom. The Balaban J connectivity index is 3.12. The van der Waals surface area contributed by atoms with E-state index in [-0.39, 0.29) is 17.0 Å². The average Bonchev–Trinajstić information content (AvgIpc) is 2.07. The number of benzene rings is 1. The summed E-state index contributed by atoms with van der Waals surface area (Å²) in [5, 5.41) is 0.140. The number of hydrogen-bond acceptors (Lipinski definition) is 1. The maximum atomic E-state index is 12.2. The molecule has 0 spiro atoms. The minimum Gasteiger partial charge on any atom is -0.291 e. The lowest BCUT2D eigenvalue weighted by molar-refractivity contribution is -0.137. The van der Waals surface area contributed by atoms with E-state index in [2.05, 4.69) is 0 Å². The molecule has 0 amide bonds. The Morgan fingerprint density at radius 2 is 2.00 bits per heavy atom. The van der Waals surface area contributed by atoms with E-state index in [0.717, 1.165) is 18.2 Å². The SMILES string of the molecule is O=[C]Cc1cc(C(F)(F)F)ccc1Cl. The second-order valence-corrected chi connectivity index (χ2v) is 3.03. The maximum Gasteiger partial charge on any atom is 0.416 e. The number of halogens is 4. The fourth-order valence-corrected chi connectivity index (χ4v) is 1.15. The molecule has 1 radical (unpaired) electrons. The van der Waals surface area contributed by atoms with Crippen LogP contribution in [-0.4, -0.2) is 6.29 Å². The van der Waals surface area contributed by atoms with Gasteiger partial charge in [-0.3, -0.25) is 4.79 Å². The lowest BCUT2D eigenvalue weighted by Gasteiger charge is -2.08. The highest BCUT2D eigenvalue weighted by Gasteiger charge is 2.30. The van der Waals surface area contributed by atoms with Crippen molar-refractivity contribution in [3.05, 3.63) is 34.3 Å². The minimum atomic E-state index is -4.41. The molecule has 1 nitrogen and oxygen atoms in total. The van der Waals surface area contributed by atoms with Gasteiger partial charge in [-0.25, -0.2) is 0 Å². The van der Waals surface area contributed by atoms with Crippen molar-refractivity contribution in [2.45, 2.75) is 12.6 Å². The molecule has 0 aliphatic carbocycles. The van der Waals surface area contributed by atoms with Crippen molar-refractivity contribution in [3.63, 3.8) is 0 Å². The van der Waals surface area contributed by atoms with Crippen LogP contribution in [0.4, 0.5) is 13.2 Å². The van der Waals surface area contributed by atoms with E-state index in [1.54, 1.807) is 0 Å². The van der Waals surface area contributed by atoms with Gasteiger partial charge in [-0.15, -0.1) is 0 Å². The highest BCUT2D eigenvalue weighted by molar-refractivity contribution is 6.31. The summed E-state index contributed by atoms with van der Waals surface area (Å²) in [5.41, 5.74) is -0.677. The molecule has 0 aromatic heterocycles. The molecule has 0 saturated heterocycles. The summed E-state index contributed by atoms with van der Waals surface area (Å²) in [6, 6.07) is 2.85. The molecular weight excluding hydrogens is 217 g/mol. The summed E-state index contributed by atoms with van der Waals surface area (Å²) in [6.45, 7) is 0. The summed E-state index contributed by atoms with van der Waals surface area (Å²) in [7, 11) is 0. The van der Waals surface area contributed by atoms with E-state index in [1.807, 2.05) is 0 Å². The van der Waals surface area contributed by atoms with Crippen molar-refractivity contribution >= 4 is 17.9 Å². The van der Waals surface area contributed by atoms with Crippen LogP contribution in [0.25, 0.3) is 0 Å². The van der Waals surface area contributed by atoms with Crippen LogP contribution < -0.4 is 0 Å². The Hall–Kier alpha value is -1.03. The molecule has 0 unspecified atom stereocenters. The van der Waals surface area contributed by atoms with Crippen LogP contribution in [0.15, 0.2) is 18.2 Å². The molecule has 1 aromatic carbocycles. The first-order chi connectivity index (χ1) is 6.45. The number of hydrogen-bond donors (Lipinski definition) is 0. The first-order valence-corrected chi connectivity index (χ1v) is 4.03. The summed E-state index contributed by atoms with van der Waals surface area (Å²) in [6.07, 6.45) is -3.15. The van der Waals surface area contributed by atoms with Crippen LogP contribution in [0.1, 0.15) is 11.1 Å². The first kappa shape index (κ1) is 11.0. The van der Waals surface area contributed by atoms with Gasteiger partial charge in [-0.2, -0.15) is 13.2 Å². The molecule has 0 atom stereocenters. The van der Waals surface area contributed by atoms with E-state index >= 15 is 0 Å². The third-order valence-corrected chi connectivity index (χ3v) is 2.00. The predicted molar refractivity (Wildman–Crippen MR) is 45.9 cm³/mol. The molecular formula is C9H5ClF3O. The normalized spacial score (nSPS) is 11.4. The van der Waals surface area contributed by atoms with Crippen molar-refractivity contribution in [2.75, 3.05) is 0 Å². The second-order valence-electron chi connectivity index (χ2n) is 2.63. The molecule has 0 heterocycles. The van der Waals surface area contributed by atoms with Gasteiger partial charge in [0, 0.05) is 11.4 Å². The highest BCUT2D eigenvalue weighted by atomic mass is 35.5. The third-order valence-electron chi connectivity index (χ3n) is 1.64. The molecule has 5 heteroatoms. The van der Waals surface area contributed by atoms with Gasteiger partial charge in [0.25, 0.3) is 0 Å². The highest BCUT2D eigenvalue weighted by Crippen LogP contribution is 2.31. The fraction of sp³-hybridized carbons (Fsp3) is 0.222. The molecule has 0 bridgehead atoms. The van der Waals surface area contributed by atoms with Crippen LogP contribution in [0.5, 0.6) is 0 Å². The Kier molecular flexibility index (Phi) is 3.16. The topological polar surface area (TPSA) is 17.1 Å². The maximum absolute atomic E-state index is 12.2. The smallest absolute Gasteiger partial charge is 0.291 e. The summed E-state index contributed by atoms with van der Waals surface area (Å²) >= 11 is 5.58. The van der Waals surface area contributed by atoms with Crippen LogP contribution in [-0.2, 0) is 17.4 Å². The Bertz CT molecular complexity index is 346. The van der Waals surface area contributed by atoms with Crippen LogP contribution in [0.2, 0.25) is 5.02 Å². The van der Waals surface area contributed by atoms with Gasteiger partial charge < -0.3 is 0 Å². The van der Waals surface area contributed by atoms with E-state index in [9.17, 15) is 18.0 Å². The Morgan fingerprint density at radius 1 is 1.36 bits per heavy atom. The first-order valence-electron chi connectivity index (χ1n) is 3.66. The van der Waals surface area contributed by atoms with Crippen molar-refractivity contribution < 1.29 is 18.0 Å².